The van der Waals surface area contributed by atoms with E-state index >= 15 is 0 Å². The van der Waals surface area contributed by atoms with E-state index in [-0.39, 0.29) is 12.6 Å². The van der Waals surface area contributed by atoms with Gasteiger partial charge in [-0.2, -0.15) is 0 Å². The van der Waals surface area contributed by atoms with Crippen LogP contribution < -0.4 is 0 Å². The lowest BCUT2D eigenvalue weighted by molar-refractivity contribution is 0.446. The molecule has 0 aliphatic rings. The van der Waals surface area contributed by atoms with Gasteiger partial charge in [-0.15, -0.1) is 0 Å². The molecule has 0 amide bonds. The molecule has 1 unspecified atom stereocenters. The zero-order chi connectivity index (χ0) is 9.14. The van der Waals surface area contributed by atoms with Gasteiger partial charge < -0.3 is 0 Å². The topological polar surface area (TPSA) is 0 Å². The van der Waals surface area contributed by atoms with Gasteiger partial charge in [0.25, 0.3) is 0 Å². The van der Waals surface area contributed by atoms with E-state index in [0.29, 0.717) is 0 Å². The lowest BCUT2D eigenvalue weighted by atomic mass is 10.0. The summed E-state index contributed by atoms with van der Waals surface area (Å²) in [5, 5.41) is 0. The largest absolute Gasteiger partial charge is 0.250 e. The molecule has 1 rings (SSSR count). The molecule has 66 valence electrons. The quantitative estimate of drug-likeness (QED) is 0.764. The monoisotopic (exact) mass is 294 g/mol. The Hall–Kier alpha value is 0.110. The van der Waals surface area contributed by atoms with Crippen LogP contribution in [0.4, 0.5) is 4.39 Å². The summed E-state index contributed by atoms with van der Waals surface area (Å²) in [4.78, 5) is 0. The fourth-order valence-corrected chi connectivity index (χ4v) is 1.99. The predicted molar refractivity (Wildman–Crippen MR) is 56.2 cm³/mol. The van der Waals surface area contributed by atoms with Crippen LogP contribution >= 0.6 is 31.9 Å². The van der Waals surface area contributed by atoms with Crippen molar-refractivity contribution in [1.29, 1.82) is 0 Å². The molecule has 0 N–H and O–H groups in total. The second-order valence-electron chi connectivity index (χ2n) is 2.72. The first kappa shape index (κ1) is 10.2. The van der Waals surface area contributed by atoms with Crippen molar-refractivity contribution in [3.8, 4) is 0 Å². The molecule has 0 heterocycles. The van der Waals surface area contributed by atoms with Crippen molar-refractivity contribution < 1.29 is 4.39 Å². The molecule has 3 heteroatoms. The number of rotatable bonds is 2. The molecule has 0 aromatic heterocycles. The Labute approximate surface area is 88.4 Å². The van der Waals surface area contributed by atoms with Gasteiger partial charge in [0.1, 0.15) is 0 Å². The molecule has 1 aromatic rings. The van der Waals surface area contributed by atoms with Crippen LogP contribution in [0.2, 0.25) is 0 Å². The maximum atomic E-state index is 12.3. The number of halogens is 3. The Kier molecular flexibility index (Phi) is 3.72. The Balaban J connectivity index is 3.04. The van der Waals surface area contributed by atoms with Gasteiger partial charge in [0.2, 0.25) is 0 Å². The predicted octanol–water partition coefficient (Wildman–Crippen LogP) is 4.28. The number of hydrogen-bond donors (Lipinski definition) is 0. The average molecular weight is 296 g/mol. The van der Waals surface area contributed by atoms with Crippen LogP contribution in [0.15, 0.2) is 27.1 Å². The highest BCUT2D eigenvalue weighted by atomic mass is 79.9. The summed E-state index contributed by atoms with van der Waals surface area (Å²) in [6.45, 7) is 1.54. The smallest absolute Gasteiger partial charge is 0.0960 e. The minimum atomic E-state index is -0.324. The molecular formula is C9H9Br2F. The third-order valence-electron chi connectivity index (χ3n) is 1.72. The number of alkyl halides is 1. The molecule has 1 aromatic carbocycles. The lowest BCUT2D eigenvalue weighted by Crippen LogP contribution is -1.96. The third-order valence-corrected chi connectivity index (χ3v) is 2.94. The van der Waals surface area contributed by atoms with Gasteiger partial charge in [0, 0.05) is 14.9 Å². The normalized spacial score (nSPS) is 13.0. The van der Waals surface area contributed by atoms with Crippen LogP contribution in [0.3, 0.4) is 0 Å². The summed E-state index contributed by atoms with van der Waals surface area (Å²) in [7, 11) is 0. The molecule has 0 radical (unpaired) electrons. The first-order chi connectivity index (χ1) is 5.65. The molecule has 0 fully saturated rings. The standard InChI is InChI=1S/C9H9Br2F/c1-6(5-12)8-4-7(10)2-3-9(8)11/h2-4,6H,5H2,1H3. The lowest BCUT2D eigenvalue weighted by Gasteiger charge is -2.09. The Morgan fingerprint density at radius 1 is 1.42 bits per heavy atom. The van der Waals surface area contributed by atoms with Crippen LogP contribution in [0, 0.1) is 0 Å². The van der Waals surface area contributed by atoms with Gasteiger partial charge in [-0.25, -0.2) is 0 Å². The second kappa shape index (κ2) is 4.38. The van der Waals surface area contributed by atoms with E-state index in [0.717, 1.165) is 14.5 Å². The van der Waals surface area contributed by atoms with Crippen LogP contribution in [0.25, 0.3) is 0 Å². The van der Waals surface area contributed by atoms with Gasteiger partial charge in [-0.1, -0.05) is 38.8 Å². The Morgan fingerprint density at radius 2 is 2.08 bits per heavy atom. The number of hydrogen-bond acceptors (Lipinski definition) is 0. The zero-order valence-corrected chi connectivity index (χ0v) is 9.82. The van der Waals surface area contributed by atoms with Crippen LogP contribution in [-0.2, 0) is 0 Å². The molecule has 1 atom stereocenters. The maximum Gasteiger partial charge on any atom is 0.0960 e. The highest BCUT2D eigenvalue weighted by Gasteiger charge is 2.08. The highest BCUT2D eigenvalue weighted by molar-refractivity contribution is 9.11. The van der Waals surface area contributed by atoms with Crippen molar-refractivity contribution in [2.45, 2.75) is 12.8 Å². The van der Waals surface area contributed by atoms with Crippen molar-refractivity contribution >= 4 is 31.9 Å². The summed E-state index contributed by atoms with van der Waals surface area (Å²) in [6.07, 6.45) is 0. The summed E-state index contributed by atoms with van der Waals surface area (Å²) >= 11 is 6.73. The molecule has 0 bridgehead atoms. The van der Waals surface area contributed by atoms with E-state index in [2.05, 4.69) is 31.9 Å². The summed E-state index contributed by atoms with van der Waals surface area (Å²) in [5.41, 5.74) is 1.01. The maximum absolute atomic E-state index is 12.3. The van der Waals surface area contributed by atoms with E-state index in [1.165, 1.54) is 0 Å². The summed E-state index contributed by atoms with van der Waals surface area (Å²) in [5.74, 6) is -0.0446. The fourth-order valence-electron chi connectivity index (χ4n) is 0.975. The molecule has 0 spiro atoms. The van der Waals surface area contributed by atoms with E-state index < -0.39 is 0 Å². The van der Waals surface area contributed by atoms with Crippen molar-refractivity contribution in [2.75, 3.05) is 6.67 Å². The molecule has 0 saturated heterocycles. The van der Waals surface area contributed by atoms with Gasteiger partial charge in [0.05, 0.1) is 6.67 Å². The van der Waals surface area contributed by atoms with Crippen molar-refractivity contribution in [1.82, 2.24) is 0 Å². The van der Waals surface area contributed by atoms with E-state index in [9.17, 15) is 4.39 Å². The summed E-state index contributed by atoms with van der Waals surface area (Å²) in [6, 6.07) is 5.79. The van der Waals surface area contributed by atoms with E-state index in [1.807, 2.05) is 25.1 Å². The van der Waals surface area contributed by atoms with Gasteiger partial charge >= 0.3 is 0 Å². The molecule has 12 heavy (non-hydrogen) atoms. The molecular weight excluding hydrogens is 287 g/mol. The third kappa shape index (κ3) is 2.30. The first-order valence-electron chi connectivity index (χ1n) is 3.66. The van der Waals surface area contributed by atoms with E-state index in [4.69, 9.17) is 0 Å². The zero-order valence-electron chi connectivity index (χ0n) is 6.65. The van der Waals surface area contributed by atoms with Gasteiger partial charge in [-0.3, -0.25) is 4.39 Å². The Morgan fingerprint density at radius 3 is 2.67 bits per heavy atom. The summed E-state index contributed by atoms with van der Waals surface area (Å²) < 4.78 is 14.3. The van der Waals surface area contributed by atoms with Gasteiger partial charge in [-0.05, 0) is 23.8 Å². The van der Waals surface area contributed by atoms with Crippen molar-refractivity contribution in [2.24, 2.45) is 0 Å². The molecule has 0 nitrogen and oxygen atoms in total. The first-order valence-corrected chi connectivity index (χ1v) is 5.24. The molecule has 0 aliphatic carbocycles. The molecule has 0 aliphatic heterocycles. The Bertz CT molecular complexity index is 273. The minimum Gasteiger partial charge on any atom is -0.250 e. The van der Waals surface area contributed by atoms with Crippen LogP contribution in [-0.4, -0.2) is 6.67 Å². The number of benzene rings is 1. The second-order valence-corrected chi connectivity index (χ2v) is 4.49. The SMILES string of the molecule is CC(CF)c1cc(Br)ccc1Br. The van der Waals surface area contributed by atoms with Crippen LogP contribution in [0.1, 0.15) is 18.4 Å². The van der Waals surface area contributed by atoms with Gasteiger partial charge in [0.15, 0.2) is 0 Å². The minimum absolute atomic E-state index is 0.0446. The average Bonchev–Trinajstić information content (AvgIpc) is 2.08. The molecule has 0 saturated carbocycles. The van der Waals surface area contributed by atoms with Crippen molar-refractivity contribution in [3.63, 3.8) is 0 Å². The van der Waals surface area contributed by atoms with Crippen LogP contribution in [0.5, 0.6) is 0 Å². The van der Waals surface area contributed by atoms with Crippen molar-refractivity contribution in [3.05, 3.63) is 32.7 Å². The van der Waals surface area contributed by atoms with E-state index in [1.54, 1.807) is 0 Å². The fraction of sp³-hybridized carbons (Fsp3) is 0.333. The highest BCUT2D eigenvalue weighted by Crippen LogP contribution is 2.28.